The van der Waals surface area contributed by atoms with Crippen molar-refractivity contribution >= 4 is 0 Å². The fourth-order valence-electron chi connectivity index (χ4n) is 3.48. The lowest BCUT2D eigenvalue weighted by Crippen LogP contribution is -2.40. The van der Waals surface area contributed by atoms with Crippen LogP contribution in [0.25, 0.3) is 0 Å². The molecular formula is C15H22N4. The molecule has 102 valence electrons. The number of aromatic nitrogens is 2. The van der Waals surface area contributed by atoms with E-state index in [4.69, 9.17) is 5.26 Å². The Hall–Kier alpha value is -1.34. The van der Waals surface area contributed by atoms with E-state index >= 15 is 0 Å². The summed E-state index contributed by atoms with van der Waals surface area (Å²) in [5.74, 6) is 1.87. The summed E-state index contributed by atoms with van der Waals surface area (Å²) in [5.41, 5.74) is 1.66. The maximum absolute atomic E-state index is 9.10. The fraction of sp³-hybridized carbons (Fsp3) is 0.733. The highest BCUT2D eigenvalue weighted by molar-refractivity contribution is 5.26. The molecule has 1 aromatic rings. The van der Waals surface area contributed by atoms with Gasteiger partial charge in [-0.1, -0.05) is 19.3 Å². The Morgan fingerprint density at radius 2 is 2.11 bits per heavy atom. The van der Waals surface area contributed by atoms with Gasteiger partial charge in [0.15, 0.2) is 5.69 Å². The van der Waals surface area contributed by atoms with Gasteiger partial charge in [-0.25, -0.2) is 4.98 Å². The predicted octanol–water partition coefficient (Wildman–Crippen LogP) is 2.30. The first-order valence-electron chi connectivity index (χ1n) is 7.40. The van der Waals surface area contributed by atoms with Crippen LogP contribution in [0.2, 0.25) is 0 Å². The van der Waals surface area contributed by atoms with Gasteiger partial charge in [0, 0.05) is 20.1 Å². The number of aryl methyl sites for hydroxylation is 1. The van der Waals surface area contributed by atoms with E-state index in [0.717, 1.165) is 24.1 Å². The third kappa shape index (κ3) is 2.52. The largest absolute Gasteiger partial charge is 0.335 e. The average Bonchev–Trinajstić information content (AvgIpc) is 2.69. The molecule has 0 aromatic carbocycles. The molecule has 1 aromatic heterocycles. The number of nitriles is 1. The highest BCUT2D eigenvalue weighted by Gasteiger charge is 2.31. The Kier molecular flexibility index (Phi) is 3.56. The molecular weight excluding hydrogens is 236 g/mol. The van der Waals surface area contributed by atoms with Crippen LogP contribution in [0.4, 0.5) is 0 Å². The smallest absolute Gasteiger partial charge is 0.162 e. The van der Waals surface area contributed by atoms with Gasteiger partial charge in [-0.05, 0) is 31.2 Å². The van der Waals surface area contributed by atoms with Crippen molar-refractivity contribution < 1.29 is 0 Å². The van der Waals surface area contributed by atoms with Gasteiger partial charge in [0.05, 0.1) is 12.0 Å². The van der Waals surface area contributed by atoms with E-state index in [1.807, 2.05) is 11.6 Å². The van der Waals surface area contributed by atoms with Crippen LogP contribution in [0.5, 0.6) is 0 Å². The predicted molar refractivity (Wildman–Crippen MR) is 73.3 cm³/mol. The standard InChI is InChI=1S/C15H22N4/c1-18-11-17-14(8-16)15(18)10-19-7-3-6-13(9-19)12-4-2-5-12/h11-13H,2-7,9-10H2,1H3. The maximum atomic E-state index is 9.10. The van der Waals surface area contributed by atoms with Crippen molar-refractivity contribution in [2.24, 2.45) is 18.9 Å². The number of likely N-dealkylation sites (tertiary alicyclic amines) is 1. The summed E-state index contributed by atoms with van der Waals surface area (Å²) in [5, 5.41) is 9.10. The summed E-state index contributed by atoms with van der Waals surface area (Å²) < 4.78 is 1.99. The molecule has 1 atom stereocenters. The van der Waals surface area contributed by atoms with Crippen LogP contribution in [0.3, 0.4) is 0 Å². The molecule has 2 fully saturated rings. The van der Waals surface area contributed by atoms with Gasteiger partial charge in [0.1, 0.15) is 6.07 Å². The van der Waals surface area contributed by atoms with Crippen molar-refractivity contribution in [3.8, 4) is 6.07 Å². The van der Waals surface area contributed by atoms with Crippen molar-refractivity contribution in [3.63, 3.8) is 0 Å². The maximum Gasteiger partial charge on any atom is 0.162 e. The van der Waals surface area contributed by atoms with Gasteiger partial charge in [-0.15, -0.1) is 0 Å². The third-order valence-corrected chi connectivity index (χ3v) is 4.90. The zero-order valence-corrected chi connectivity index (χ0v) is 11.7. The minimum atomic E-state index is 0.591. The Morgan fingerprint density at radius 3 is 2.79 bits per heavy atom. The third-order valence-electron chi connectivity index (χ3n) is 4.90. The molecule has 0 spiro atoms. The molecule has 1 saturated carbocycles. The van der Waals surface area contributed by atoms with Crippen LogP contribution in [0, 0.1) is 23.2 Å². The van der Waals surface area contributed by atoms with Gasteiger partial charge < -0.3 is 4.57 Å². The summed E-state index contributed by atoms with van der Waals surface area (Å²) in [6.45, 7) is 3.25. The fourth-order valence-corrected chi connectivity index (χ4v) is 3.48. The first kappa shape index (κ1) is 12.7. The normalized spacial score (nSPS) is 24.9. The number of rotatable bonds is 3. The second-order valence-corrected chi connectivity index (χ2v) is 6.09. The van der Waals surface area contributed by atoms with Crippen molar-refractivity contribution in [3.05, 3.63) is 17.7 Å². The summed E-state index contributed by atoms with van der Waals surface area (Å²) in [4.78, 5) is 6.67. The van der Waals surface area contributed by atoms with Crippen molar-refractivity contribution in [2.75, 3.05) is 13.1 Å². The van der Waals surface area contributed by atoms with Crippen LogP contribution < -0.4 is 0 Å². The van der Waals surface area contributed by atoms with Crippen molar-refractivity contribution in [1.29, 1.82) is 5.26 Å². The lowest BCUT2D eigenvalue weighted by atomic mass is 9.73. The van der Waals surface area contributed by atoms with Crippen LogP contribution in [-0.2, 0) is 13.6 Å². The molecule has 1 saturated heterocycles. The topological polar surface area (TPSA) is 44.9 Å². The van der Waals surface area contributed by atoms with E-state index in [1.165, 1.54) is 45.2 Å². The van der Waals surface area contributed by atoms with E-state index in [1.54, 1.807) is 6.33 Å². The second-order valence-electron chi connectivity index (χ2n) is 6.09. The van der Waals surface area contributed by atoms with E-state index < -0.39 is 0 Å². The zero-order chi connectivity index (χ0) is 13.2. The number of piperidine rings is 1. The van der Waals surface area contributed by atoms with Crippen LogP contribution in [0.1, 0.15) is 43.5 Å². The van der Waals surface area contributed by atoms with Crippen molar-refractivity contribution in [2.45, 2.75) is 38.6 Å². The van der Waals surface area contributed by atoms with Gasteiger partial charge in [0.2, 0.25) is 0 Å². The van der Waals surface area contributed by atoms with Gasteiger partial charge in [-0.3, -0.25) is 4.90 Å². The molecule has 3 rings (SSSR count). The second kappa shape index (κ2) is 5.34. The molecule has 0 N–H and O–H groups in total. The Balaban J connectivity index is 1.65. The monoisotopic (exact) mass is 258 g/mol. The first-order valence-corrected chi connectivity index (χ1v) is 7.40. The Morgan fingerprint density at radius 1 is 1.32 bits per heavy atom. The number of nitrogens with zero attached hydrogens (tertiary/aromatic N) is 4. The molecule has 0 bridgehead atoms. The van der Waals surface area contributed by atoms with Gasteiger partial charge in [-0.2, -0.15) is 5.26 Å². The molecule has 19 heavy (non-hydrogen) atoms. The molecule has 1 unspecified atom stereocenters. The first-order chi connectivity index (χ1) is 9.28. The minimum Gasteiger partial charge on any atom is -0.335 e. The number of hydrogen-bond donors (Lipinski definition) is 0. The SMILES string of the molecule is Cn1cnc(C#N)c1CN1CCCC(C2CCC2)C1. The molecule has 1 aliphatic heterocycles. The summed E-state index contributed by atoms with van der Waals surface area (Å²) in [7, 11) is 1.98. The highest BCUT2D eigenvalue weighted by atomic mass is 15.2. The molecule has 2 heterocycles. The summed E-state index contributed by atoms with van der Waals surface area (Å²) >= 11 is 0. The average molecular weight is 258 g/mol. The number of hydrogen-bond acceptors (Lipinski definition) is 3. The lowest BCUT2D eigenvalue weighted by Gasteiger charge is -2.40. The van der Waals surface area contributed by atoms with Crippen LogP contribution in [-0.4, -0.2) is 27.5 Å². The van der Waals surface area contributed by atoms with Crippen LogP contribution in [0.15, 0.2) is 6.33 Å². The highest BCUT2D eigenvalue weighted by Crippen LogP contribution is 2.38. The van der Waals surface area contributed by atoms with E-state index in [-0.39, 0.29) is 0 Å². The molecule has 4 nitrogen and oxygen atoms in total. The van der Waals surface area contributed by atoms with Crippen LogP contribution >= 0.6 is 0 Å². The molecule has 4 heteroatoms. The van der Waals surface area contributed by atoms with E-state index in [9.17, 15) is 0 Å². The lowest BCUT2D eigenvalue weighted by molar-refractivity contribution is 0.0900. The zero-order valence-electron chi connectivity index (χ0n) is 11.7. The molecule has 1 aliphatic carbocycles. The van der Waals surface area contributed by atoms with E-state index in [2.05, 4.69) is 16.0 Å². The quantitative estimate of drug-likeness (QED) is 0.835. The van der Waals surface area contributed by atoms with Gasteiger partial charge >= 0.3 is 0 Å². The van der Waals surface area contributed by atoms with Crippen molar-refractivity contribution in [1.82, 2.24) is 14.5 Å². The number of imidazole rings is 1. The summed E-state index contributed by atoms with van der Waals surface area (Å²) in [6, 6.07) is 2.20. The minimum absolute atomic E-state index is 0.591. The Bertz CT molecular complexity index is 481. The molecule has 2 aliphatic rings. The summed E-state index contributed by atoms with van der Waals surface area (Å²) in [6.07, 6.45) is 8.77. The molecule has 0 amide bonds. The Labute approximate surface area is 115 Å². The molecule has 0 radical (unpaired) electrons. The van der Waals surface area contributed by atoms with Gasteiger partial charge in [0.25, 0.3) is 0 Å². The van der Waals surface area contributed by atoms with E-state index in [0.29, 0.717) is 5.69 Å².